The number of furan rings is 1. The first-order chi connectivity index (χ1) is 15.4. The molecule has 0 saturated heterocycles. The Morgan fingerprint density at radius 2 is 1.78 bits per heavy atom. The Kier molecular flexibility index (Phi) is 5.51. The zero-order chi connectivity index (χ0) is 22.8. The predicted octanol–water partition coefficient (Wildman–Crippen LogP) is 4.00. The van der Waals surface area contributed by atoms with Crippen molar-refractivity contribution in [3.8, 4) is 11.5 Å². The van der Waals surface area contributed by atoms with Gasteiger partial charge in [0, 0.05) is 12.6 Å². The lowest BCUT2D eigenvalue weighted by Gasteiger charge is -2.27. The number of rotatable bonds is 6. The summed E-state index contributed by atoms with van der Waals surface area (Å²) in [6.07, 6.45) is 1.33. The highest BCUT2D eigenvalue weighted by molar-refractivity contribution is 6.20. The molecule has 3 aromatic rings. The minimum atomic E-state index is -0.982. The van der Waals surface area contributed by atoms with Crippen LogP contribution in [0, 0.1) is 0 Å². The Labute approximate surface area is 183 Å². The molecular formula is C24H19NO7. The van der Waals surface area contributed by atoms with Crippen LogP contribution in [0.4, 0.5) is 5.69 Å². The molecule has 0 spiro atoms. The van der Waals surface area contributed by atoms with Gasteiger partial charge in [-0.05, 0) is 54.1 Å². The van der Waals surface area contributed by atoms with Crippen molar-refractivity contribution in [2.24, 2.45) is 0 Å². The largest absolute Gasteiger partial charge is 0.503 e. The minimum Gasteiger partial charge on any atom is -0.503 e. The Morgan fingerprint density at radius 3 is 2.41 bits per heavy atom. The van der Waals surface area contributed by atoms with Crippen molar-refractivity contribution in [3.05, 3.63) is 89.6 Å². The fourth-order valence-electron chi connectivity index (χ4n) is 3.62. The lowest BCUT2D eigenvalue weighted by atomic mass is 9.94. The molecule has 0 radical (unpaired) electrons. The van der Waals surface area contributed by atoms with Crippen molar-refractivity contribution in [2.45, 2.75) is 13.0 Å². The van der Waals surface area contributed by atoms with Gasteiger partial charge in [-0.3, -0.25) is 19.3 Å². The molecular weight excluding hydrogens is 414 g/mol. The SMILES string of the molecule is COc1ccc(N2C(=O)C(O)=C(C(=O)c3ccco3)C2c2cccc(OC(C)=O)c2)cc1. The van der Waals surface area contributed by atoms with E-state index in [1.165, 1.54) is 31.3 Å². The summed E-state index contributed by atoms with van der Waals surface area (Å²) >= 11 is 0. The fourth-order valence-corrected chi connectivity index (χ4v) is 3.62. The lowest BCUT2D eigenvalue weighted by molar-refractivity contribution is -0.131. The number of Topliss-reactive ketones (excluding diaryl/α,β-unsaturated/α-hetero) is 1. The number of amides is 1. The van der Waals surface area contributed by atoms with Crippen LogP contribution >= 0.6 is 0 Å². The summed E-state index contributed by atoms with van der Waals surface area (Å²) in [5.41, 5.74) is 0.764. The normalized spacial score (nSPS) is 15.8. The van der Waals surface area contributed by atoms with E-state index in [0.717, 1.165) is 0 Å². The molecule has 1 N–H and O–H groups in total. The van der Waals surface area contributed by atoms with Crippen LogP contribution in [0.2, 0.25) is 0 Å². The Bertz CT molecular complexity index is 1210. The van der Waals surface area contributed by atoms with Crippen molar-refractivity contribution in [1.82, 2.24) is 0 Å². The van der Waals surface area contributed by atoms with Gasteiger partial charge < -0.3 is 19.0 Å². The van der Waals surface area contributed by atoms with Gasteiger partial charge in [0.25, 0.3) is 5.91 Å². The van der Waals surface area contributed by atoms with Crippen molar-refractivity contribution in [2.75, 3.05) is 12.0 Å². The van der Waals surface area contributed by atoms with Crippen LogP contribution in [0.5, 0.6) is 11.5 Å². The van der Waals surface area contributed by atoms with E-state index in [1.54, 1.807) is 54.6 Å². The number of methoxy groups -OCH3 is 1. The maximum atomic E-state index is 13.2. The van der Waals surface area contributed by atoms with Gasteiger partial charge in [0.2, 0.25) is 5.78 Å². The maximum absolute atomic E-state index is 13.2. The van der Waals surface area contributed by atoms with Crippen molar-refractivity contribution < 1.29 is 33.4 Å². The van der Waals surface area contributed by atoms with Crippen LogP contribution in [0.15, 0.2) is 82.7 Å². The number of aliphatic hydroxyl groups excluding tert-OH is 1. The molecule has 8 heteroatoms. The number of ketones is 1. The molecule has 1 aliphatic rings. The number of ether oxygens (including phenoxy) is 2. The van der Waals surface area contributed by atoms with Crippen LogP contribution in [0.3, 0.4) is 0 Å². The molecule has 32 heavy (non-hydrogen) atoms. The quantitative estimate of drug-likeness (QED) is 0.356. The molecule has 1 amide bonds. The first-order valence-corrected chi connectivity index (χ1v) is 9.68. The second kappa shape index (κ2) is 8.43. The van der Waals surface area contributed by atoms with E-state index in [1.807, 2.05) is 0 Å². The average Bonchev–Trinajstić information content (AvgIpc) is 3.41. The van der Waals surface area contributed by atoms with Crippen molar-refractivity contribution in [3.63, 3.8) is 0 Å². The van der Waals surface area contributed by atoms with Gasteiger partial charge in [0.05, 0.1) is 25.0 Å². The minimum absolute atomic E-state index is 0.0166. The number of anilines is 1. The summed E-state index contributed by atoms with van der Waals surface area (Å²) < 4.78 is 15.6. The van der Waals surface area contributed by atoms with E-state index in [4.69, 9.17) is 13.9 Å². The third-order valence-electron chi connectivity index (χ3n) is 4.98. The number of benzene rings is 2. The molecule has 2 aromatic carbocycles. The van der Waals surface area contributed by atoms with Gasteiger partial charge in [-0.15, -0.1) is 0 Å². The van der Waals surface area contributed by atoms with Crippen LogP contribution in [0.25, 0.3) is 0 Å². The second-order valence-electron chi connectivity index (χ2n) is 7.01. The van der Waals surface area contributed by atoms with E-state index in [9.17, 15) is 19.5 Å². The van der Waals surface area contributed by atoms with E-state index in [2.05, 4.69) is 0 Å². The Hall–Kier alpha value is -4.33. The number of hydrogen-bond donors (Lipinski definition) is 1. The highest BCUT2D eigenvalue weighted by Gasteiger charge is 2.45. The van der Waals surface area contributed by atoms with Crippen molar-refractivity contribution >= 4 is 23.3 Å². The Balaban J connectivity index is 1.86. The number of carbonyl (C=O) groups is 3. The van der Waals surface area contributed by atoms with Crippen LogP contribution in [-0.4, -0.2) is 29.9 Å². The zero-order valence-corrected chi connectivity index (χ0v) is 17.3. The standard InChI is InChI=1S/C24H19NO7/c1-14(26)32-18-6-3-5-15(13-18)21-20(22(27)19-7-4-12-31-19)23(28)24(29)25(21)16-8-10-17(30-2)11-9-16/h3-13,21,28H,1-2H3. The van der Waals surface area contributed by atoms with Gasteiger partial charge in [-0.2, -0.15) is 0 Å². The summed E-state index contributed by atoms with van der Waals surface area (Å²) in [7, 11) is 1.52. The number of aliphatic hydroxyl groups is 1. The smallest absolute Gasteiger partial charge is 0.308 e. The molecule has 0 fully saturated rings. The first kappa shape index (κ1) is 20.9. The lowest BCUT2D eigenvalue weighted by Crippen LogP contribution is -2.31. The second-order valence-corrected chi connectivity index (χ2v) is 7.01. The van der Waals surface area contributed by atoms with E-state index in [0.29, 0.717) is 17.0 Å². The monoisotopic (exact) mass is 433 g/mol. The Morgan fingerprint density at radius 1 is 1.03 bits per heavy atom. The number of esters is 1. The van der Waals surface area contributed by atoms with Crippen LogP contribution in [-0.2, 0) is 9.59 Å². The number of nitrogens with zero attached hydrogens (tertiary/aromatic N) is 1. The van der Waals surface area contributed by atoms with Gasteiger partial charge in [-0.1, -0.05) is 12.1 Å². The van der Waals surface area contributed by atoms with E-state index >= 15 is 0 Å². The summed E-state index contributed by atoms with van der Waals surface area (Å²) in [6, 6.07) is 15.1. The first-order valence-electron chi connectivity index (χ1n) is 9.68. The average molecular weight is 433 g/mol. The summed E-state index contributed by atoms with van der Waals surface area (Å²) in [6.45, 7) is 1.27. The summed E-state index contributed by atoms with van der Waals surface area (Å²) in [5, 5.41) is 10.7. The molecule has 0 aliphatic carbocycles. The van der Waals surface area contributed by atoms with Crippen LogP contribution in [0.1, 0.15) is 29.1 Å². The van der Waals surface area contributed by atoms with Crippen LogP contribution < -0.4 is 14.4 Å². The van der Waals surface area contributed by atoms with E-state index < -0.39 is 29.5 Å². The van der Waals surface area contributed by atoms with Gasteiger partial charge in [0.15, 0.2) is 11.5 Å². The maximum Gasteiger partial charge on any atom is 0.308 e. The molecule has 1 aromatic heterocycles. The van der Waals surface area contributed by atoms with Gasteiger partial charge in [0.1, 0.15) is 11.5 Å². The summed E-state index contributed by atoms with van der Waals surface area (Å²) in [4.78, 5) is 39.0. The molecule has 2 heterocycles. The molecule has 4 rings (SSSR count). The molecule has 0 saturated carbocycles. The van der Waals surface area contributed by atoms with Gasteiger partial charge >= 0.3 is 5.97 Å². The molecule has 1 unspecified atom stereocenters. The topological polar surface area (TPSA) is 106 Å². The molecule has 162 valence electrons. The van der Waals surface area contributed by atoms with Crippen molar-refractivity contribution in [1.29, 1.82) is 0 Å². The third-order valence-corrected chi connectivity index (χ3v) is 4.98. The predicted molar refractivity (Wildman–Crippen MR) is 114 cm³/mol. The zero-order valence-electron chi connectivity index (χ0n) is 17.3. The molecule has 8 nitrogen and oxygen atoms in total. The molecule has 1 aliphatic heterocycles. The van der Waals surface area contributed by atoms with E-state index in [-0.39, 0.29) is 17.1 Å². The highest BCUT2D eigenvalue weighted by atomic mass is 16.5. The third kappa shape index (κ3) is 3.74. The van der Waals surface area contributed by atoms with Gasteiger partial charge in [-0.25, -0.2) is 0 Å². The number of hydrogen-bond acceptors (Lipinski definition) is 7. The molecule has 0 bridgehead atoms. The highest BCUT2D eigenvalue weighted by Crippen LogP contribution is 2.42. The molecule has 1 atom stereocenters. The fraction of sp³-hybridized carbons (Fsp3) is 0.125. The number of carbonyl (C=O) groups excluding carboxylic acids is 3. The summed E-state index contributed by atoms with van der Waals surface area (Å²) in [5.74, 6) is -1.75.